The summed E-state index contributed by atoms with van der Waals surface area (Å²) in [5.74, 6) is 0.684. The van der Waals surface area contributed by atoms with Crippen LogP contribution in [0.1, 0.15) is 16.7 Å². The van der Waals surface area contributed by atoms with Gasteiger partial charge >= 0.3 is 0 Å². The van der Waals surface area contributed by atoms with E-state index in [9.17, 15) is 13.2 Å². The molecule has 1 N–H and O–H groups in total. The highest BCUT2D eigenvalue weighted by Gasteiger charge is 2.37. The minimum atomic E-state index is -3.88. The largest absolute Gasteiger partial charge is 0.492 e. The lowest BCUT2D eigenvalue weighted by Crippen LogP contribution is -2.51. The SMILES string of the molecule is Cc1ccc(S(=O)(=O)N2CC(C(=O)NCCOc3cc(C)cc(C)c3)Oc3ccccc32)cc1. The van der Waals surface area contributed by atoms with Crippen molar-refractivity contribution >= 4 is 21.6 Å². The van der Waals surface area contributed by atoms with Crippen LogP contribution in [0.2, 0.25) is 0 Å². The molecule has 0 fully saturated rings. The van der Waals surface area contributed by atoms with Gasteiger partial charge < -0.3 is 14.8 Å². The minimum Gasteiger partial charge on any atom is -0.492 e. The predicted octanol–water partition coefficient (Wildman–Crippen LogP) is 3.76. The van der Waals surface area contributed by atoms with Gasteiger partial charge in [0.1, 0.15) is 18.1 Å². The number of hydrogen-bond donors (Lipinski definition) is 1. The van der Waals surface area contributed by atoms with E-state index in [1.807, 2.05) is 32.9 Å². The van der Waals surface area contributed by atoms with Crippen LogP contribution in [0.3, 0.4) is 0 Å². The van der Waals surface area contributed by atoms with Crippen molar-refractivity contribution in [3.63, 3.8) is 0 Å². The molecule has 8 heteroatoms. The number of fused-ring (bicyclic) bond motifs is 1. The maximum atomic E-state index is 13.4. The topological polar surface area (TPSA) is 84.9 Å². The van der Waals surface area contributed by atoms with E-state index in [0.717, 1.165) is 22.4 Å². The third-order valence-electron chi connectivity index (χ3n) is 5.50. The molecule has 34 heavy (non-hydrogen) atoms. The van der Waals surface area contributed by atoms with Crippen LogP contribution in [0.5, 0.6) is 11.5 Å². The summed E-state index contributed by atoms with van der Waals surface area (Å²) in [4.78, 5) is 13.0. The summed E-state index contributed by atoms with van der Waals surface area (Å²) in [5.41, 5.74) is 3.57. The Labute approximate surface area is 200 Å². The quantitative estimate of drug-likeness (QED) is 0.521. The highest BCUT2D eigenvalue weighted by Crippen LogP contribution is 2.36. The fraction of sp³-hybridized carbons (Fsp3) is 0.269. The lowest BCUT2D eigenvalue weighted by Gasteiger charge is -2.34. The Kier molecular flexibility index (Phi) is 6.79. The maximum Gasteiger partial charge on any atom is 0.264 e. The van der Waals surface area contributed by atoms with E-state index in [0.29, 0.717) is 11.4 Å². The number of hydrogen-bond acceptors (Lipinski definition) is 5. The summed E-state index contributed by atoms with van der Waals surface area (Å²) < 4.78 is 39.7. The summed E-state index contributed by atoms with van der Waals surface area (Å²) in [6, 6.07) is 19.4. The van der Waals surface area contributed by atoms with Crippen LogP contribution in [0.15, 0.2) is 71.6 Å². The van der Waals surface area contributed by atoms with Gasteiger partial charge in [0.15, 0.2) is 6.10 Å². The second-order valence-corrected chi connectivity index (χ2v) is 10.2. The van der Waals surface area contributed by atoms with Crippen LogP contribution in [0.25, 0.3) is 0 Å². The molecule has 0 saturated carbocycles. The van der Waals surface area contributed by atoms with Crippen LogP contribution < -0.4 is 19.1 Å². The molecule has 1 atom stereocenters. The maximum absolute atomic E-state index is 13.4. The minimum absolute atomic E-state index is 0.128. The van der Waals surface area contributed by atoms with E-state index in [1.165, 1.54) is 4.31 Å². The molecule has 3 aromatic rings. The van der Waals surface area contributed by atoms with Gasteiger partial charge in [-0.05, 0) is 68.3 Å². The van der Waals surface area contributed by atoms with E-state index in [4.69, 9.17) is 9.47 Å². The molecule has 0 aromatic heterocycles. The van der Waals surface area contributed by atoms with E-state index >= 15 is 0 Å². The fourth-order valence-corrected chi connectivity index (χ4v) is 5.35. The van der Waals surface area contributed by atoms with Crippen molar-refractivity contribution in [3.05, 3.63) is 83.4 Å². The Balaban J connectivity index is 1.45. The Morgan fingerprint density at radius 2 is 1.68 bits per heavy atom. The first-order valence-corrected chi connectivity index (χ1v) is 12.5. The summed E-state index contributed by atoms with van der Waals surface area (Å²) in [6.45, 7) is 6.30. The van der Waals surface area contributed by atoms with Crippen molar-refractivity contribution < 1.29 is 22.7 Å². The highest BCUT2D eigenvalue weighted by atomic mass is 32.2. The van der Waals surface area contributed by atoms with Crippen molar-refractivity contribution in [2.45, 2.75) is 31.8 Å². The fourth-order valence-electron chi connectivity index (χ4n) is 3.88. The molecule has 0 radical (unpaired) electrons. The number of anilines is 1. The molecule has 1 unspecified atom stereocenters. The molecule has 1 heterocycles. The van der Waals surface area contributed by atoms with Gasteiger partial charge in [0.2, 0.25) is 0 Å². The summed E-state index contributed by atoms with van der Waals surface area (Å²) in [6.07, 6.45) is -0.990. The van der Waals surface area contributed by atoms with Crippen LogP contribution in [-0.2, 0) is 14.8 Å². The number of nitrogens with zero attached hydrogens (tertiary/aromatic N) is 1. The number of benzene rings is 3. The van der Waals surface area contributed by atoms with Crippen LogP contribution >= 0.6 is 0 Å². The Morgan fingerprint density at radius 1 is 1.00 bits per heavy atom. The smallest absolute Gasteiger partial charge is 0.264 e. The molecule has 0 saturated heterocycles. The number of ether oxygens (including phenoxy) is 2. The third kappa shape index (κ3) is 5.17. The number of rotatable bonds is 7. The molecule has 178 valence electrons. The number of sulfonamides is 1. The van der Waals surface area contributed by atoms with E-state index in [2.05, 4.69) is 11.4 Å². The zero-order valence-corrected chi connectivity index (χ0v) is 20.3. The number of carbonyl (C=O) groups is 1. The molecular weight excluding hydrogens is 452 g/mol. The average molecular weight is 481 g/mol. The van der Waals surface area contributed by atoms with E-state index in [-0.39, 0.29) is 24.6 Å². The van der Waals surface area contributed by atoms with Gasteiger partial charge in [-0.2, -0.15) is 0 Å². The lowest BCUT2D eigenvalue weighted by molar-refractivity contribution is -0.127. The van der Waals surface area contributed by atoms with Gasteiger partial charge in [-0.3, -0.25) is 9.10 Å². The molecule has 1 aliphatic heterocycles. The predicted molar refractivity (Wildman–Crippen MR) is 131 cm³/mol. The Bertz CT molecular complexity index is 1270. The molecule has 0 spiro atoms. The van der Waals surface area contributed by atoms with E-state index < -0.39 is 22.0 Å². The standard InChI is InChI=1S/C26H28N2O5S/c1-18-8-10-22(11-9-18)34(30,31)28-17-25(33-24-7-5-4-6-23(24)28)26(29)27-12-13-32-21-15-19(2)14-20(3)16-21/h4-11,14-16,25H,12-13,17H2,1-3H3,(H,27,29). The lowest BCUT2D eigenvalue weighted by atomic mass is 10.1. The van der Waals surface area contributed by atoms with Crippen molar-refractivity contribution in [1.29, 1.82) is 0 Å². The monoisotopic (exact) mass is 480 g/mol. The van der Waals surface area contributed by atoms with Crippen LogP contribution in [0, 0.1) is 20.8 Å². The van der Waals surface area contributed by atoms with Gasteiger partial charge in [-0.25, -0.2) is 8.42 Å². The van der Waals surface area contributed by atoms with Crippen molar-refractivity contribution in [2.75, 3.05) is 24.0 Å². The number of para-hydroxylation sites is 2. The second-order valence-electron chi connectivity index (χ2n) is 8.39. The van der Waals surface area contributed by atoms with Gasteiger partial charge in [0, 0.05) is 0 Å². The van der Waals surface area contributed by atoms with Crippen LogP contribution in [-0.4, -0.2) is 40.1 Å². The summed E-state index contributed by atoms with van der Waals surface area (Å²) >= 11 is 0. The molecule has 0 aliphatic carbocycles. The van der Waals surface area contributed by atoms with Gasteiger partial charge in [-0.1, -0.05) is 35.9 Å². The first kappa shape index (κ1) is 23.6. The van der Waals surface area contributed by atoms with Crippen molar-refractivity contribution in [3.8, 4) is 11.5 Å². The first-order valence-electron chi connectivity index (χ1n) is 11.1. The highest BCUT2D eigenvalue weighted by molar-refractivity contribution is 7.92. The molecular formula is C26H28N2O5S. The number of amides is 1. The summed E-state index contributed by atoms with van der Waals surface area (Å²) in [5, 5.41) is 2.79. The Morgan fingerprint density at radius 3 is 2.38 bits per heavy atom. The molecule has 7 nitrogen and oxygen atoms in total. The van der Waals surface area contributed by atoms with Gasteiger partial charge in [-0.15, -0.1) is 0 Å². The number of carbonyl (C=O) groups excluding carboxylic acids is 1. The van der Waals surface area contributed by atoms with E-state index in [1.54, 1.807) is 48.5 Å². The zero-order valence-electron chi connectivity index (χ0n) is 19.4. The van der Waals surface area contributed by atoms with Crippen molar-refractivity contribution in [1.82, 2.24) is 5.32 Å². The Hall–Kier alpha value is -3.52. The average Bonchev–Trinajstić information content (AvgIpc) is 2.80. The molecule has 1 amide bonds. The molecule has 1 aliphatic rings. The molecule has 3 aromatic carbocycles. The number of nitrogens with one attached hydrogen (secondary N) is 1. The van der Waals surface area contributed by atoms with Gasteiger partial charge in [0.25, 0.3) is 15.9 Å². The first-order chi connectivity index (χ1) is 16.2. The normalized spacial score (nSPS) is 15.3. The number of aryl methyl sites for hydroxylation is 3. The summed E-state index contributed by atoms with van der Waals surface area (Å²) in [7, 11) is -3.88. The second kappa shape index (κ2) is 9.77. The third-order valence-corrected chi connectivity index (χ3v) is 7.30. The van der Waals surface area contributed by atoms with Crippen LogP contribution in [0.4, 0.5) is 5.69 Å². The molecule has 0 bridgehead atoms. The van der Waals surface area contributed by atoms with Crippen molar-refractivity contribution in [2.24, 2.45) is 0 Å². The van der Waals surface area contributed by atoms with Gasteiger partial charge in [0.05, 0.1) is 23.7 Å². The molecule has 4 rings (SSSR count). The zero-order chi connectivity index (χ0) is 24.3.